The van der Waals surface area contributed by atoms with Gasteiger partial charge in [-0.25, -0.2) is 0 Å². The molecule has 4 aromatic rings. The van der Waals surface area contributed by atoms with Crippen molar-refractivity contribution in [3.63, 3.8) is 0 Å². The van der Waals surface area contributed by atoms with Crippen LogP contribution < -0.4 is 16.4 Å². The van der Waals surface area contributed by atoms with Crippen molar-refractivity contribution in [2.45, 2.75) is 57.3 Å². The molecule has 240 valence electrons. The first-order valence-electron chi connectivity index (χ1n) is 15.6. The second-order valence-electron chi connectivity index (χ2n) is 11.7. The Kier molecular flexibility index (Phi) is 11.5. The van der Waals surface area contributed by atoms with Gasteiger partial charge in [0.25, 0.3) is 0 Å². The van der Waals surface area contributed by atoms with Crippen molar-refractivity contribution >= 4 is 28.9 Å². The molecule has 0 unspecified atom stereocenters. The van der Waals surface area contributed by atoms with E-state index in [-0.39, 0.29) is 43.5 Å². The van der Waals surface area contributed by atoms with Crippen LogP contribution in [0, 0.1) is 0 Å². The van der Waals surface area contributed by atoms with Gasteiger partial charge in [-0.15, -0.1) is 0 Å². The van der Waals surface area contributed by atoms with Crippen molar-refractivity contribution in [2.75, 3.05) is 30.0 Å². The Morgan fingerprint density at radius 1 is 0.804 bits per heavy atom. The van der Waals surface area contributed by atoms with Crippen LogP contribution in [0.3, 0.4) is 0 Å². The SMILES string of the molecule is CN(Cc1ccccc1)C[C@H]1C[C@@H](c2ccc(CO)cc2)O[C@@H](c2ccc(NC(=O)CCCC(=O)Nc3ccccc3N)cc2)O1. The molecule has 0 spiro atoms. The van der Waals surface area contributed by atoms with Crippen LogP contribution in [0.5, 0.6) is 0 Å². The molecule has 9 heteroatoms. The van der Waals surface area contributed by atoms with Crippen molar-refractivity contribution in [3.8, 4) is 0 Å². The predicted molar refractivity (Wildman–Crippen MR) is 180 cm³/mol. The van der Waals surface area contributed by atoms with Crippen LogP contribution in [0.25, 0.3) is 0 Å². The van der Waals surface area contributed by atoms with Crippen LogP contribution in [0.1, 0.15) is 60.3 Å². The van der Waals surface area contributed by atoms with E-state index in [0.717, 1.165) is 29.8 Å². The molecule has 0 saturated carbocycles. The predicted octanol–water partition coefficient (Wildman–Crippen LogP) is 6.19. The maximum Gasteiger partial charge on any atom is 0.224 e. The summed E-state index contributed by atoms with van der Waals surface area (Å²) in [6, 6.07) is 32.7. The number of nitrogen functional groups attached to an aromatic ring is 1. The van der Waals surface area contributed by atoms with Crippen LogP contribution in [0.2, 0.25) is 0 Å². The third-order valence-electron chi connectivity index (χ3n) is 7.93. The number of carbonyl (C=O) groups excluding carboxylic acids is 2. The molecule has 2 amide bonds. The quantitative estimate of drug-likeness (QED) is 0.131. The number of aliphatic hydroxyl groups excluding tert-OH is 1. The minimum Gasteiger partial charge on any atom is -0.397 e. The molecule has 1 heterocycles. The van der Waals surface area contributed by atoms with Crippen LogP contribution in [0.15, 0.2) is 103 Å². The molecular weight excluding hydrogens is 580 g/mol. The highest BCUT2D eigenvalue weighted by atomic mass is 16.7. The number of amides is 2. The maximum absolute atomic E-state index is 12.6. The summed E-state index contributed by atoms with van der Waals surface area (Å²) < 4.78 is 13.0. The molecule has 1 aliphatic rings. The summed E-state index contributed by atoms with van der Waals surface area (Å²) in [6.07, 6.45) is 0.674. The maximum atomic E-state index is 12.6. The van der Waals surface area contributed by atoms with Gasteiger partial charge < -0.3 is 30.9 Å². The Bertz CT molecular complexity index is 1560. The number of benzene rings is 4. The normalized spacial score (nSPS) is 17.8. The number of nitrogens with zero attached hydrogens (tertiary/aromatic N) is 1. The number of nitrogens with two attached hydrogens (primary N) is 1. The van der Waals surface area contributed by atoms with E-state index in [1.807, 2.05) is 66.7 Å². The highest BCUT2D eigenvalue weighted by Crippen LogP contribution is 2.38. The fourth-order valence-electron chi connectivity index (χ4n) is 5.52. The molecule has 0 aromatic heterocycles. The summed E-state index contributed by atoms with van der Waals surface area (Å²) >= 11 is 0. The summed E-state index contributed by atoms with van der Waals surface area (Å²) in [5, 5.41) is 15.2. The highest BCUT2D eigenvalue weighted by molar-refractivity contribution is 5.94. The first kappa shape index (κ1) is 32.8. The summed E-state index contributed by atoms with van der Waals surface area (Å²) in [6.45, 7) is 1.53. The monoisotopic (exact) mass is 622 g/mol. The van der Waals surface area contributed by atoms with Crippen LogP contribution in [-0.2, 0) is 32.2 Å². The Balaban J connectivity index is 1.17. The van der Waals surface area contributed by atoms with Crippen molar-refractivity contribution in [1.29, 1.82) is 0 Å². The summed E-state index contributed by atoms with van der Waals surface area (Å²) in [4.78, 5) is 27.1. The minimum atomic E-state index is -0.590. The van der Waals surface area contributed by atoms with Gasteiger partial charge in [-0.1, -0.05) is 78.9 Å². The van der Waals surface area contributed by atoms with E-state index in [4.69, 9.17) is 15.2 Å². The van der Waals surface area contributed by atoms with Gasteiger partial charge in [-0.3, -0.25) is 14.5 Å². The Morgan fingerprint density at radius 2 is 1.46 bits per heavy atom. The third-order valence-corrected chi connectivity index (χ3v) is 7.93. The van der Waals surface area contributed by atoms with Gasteiger partial charge >= 0.3 is 0 Å². The Hall–Kier alpha value is -4.54. The van der Waals surface area contributed by atoms with Gasteiger partial charge in [-0.2, -0.15) is 0 Å². The highest BCUT2D eigenvalue weighted by Gasteiger charge is 2.32. The lowest BCUT2D eigenvalue weighted by atomic mass is 9.99. The fourth-order valence-corrected chi connectivity index (χ4v) is 5.52. The van der Waals surface area contributed by atoms with E-state index in [9.17, 15) is 14.7 Å². The summed E-state index contributed by atoms with van der Waals surface area (Å²) in [5.74, 6) is -0.354. The molecule has 5 N–H and O–H groups in total. The lowest BCUT2D eigenvalue weighted by Gasteiger charge is -2.38. The minimum absolute atomic E-state index is 0.00746. The molecule has 4 aromatic carbocycles. The van der Waals surface area contributed by atoms with Crippen molar-refractivity contribution in [2.24, 2.45) is 0 Å². The molecule has 9 nitrogen and oxygen atoms in total. The van der Waals surface area contributed by atoms with E-state index >= 15 is 0 Å². The van der Waals surface area contributed by atoms with Gasteiger partial charge in [-0.05, 0) is 54.4 Å². The van der Waals surface area contributed by atoms with Crippen LogP contribution in [0.4, 0.5) is 17.1 Å². The molecule has 0 aliphatic carbocycles. The lowest BCUT2D eigenvalue weighted by Crippen LogP contribution is -2.37. The number of rotatable bonds is 13. The number of anilines is 3. The van der Waals surface area contributed by atoms with Gasteiger partial charge in [0.1, 0.15) is 0 Å². The average molecular weight is 623 g/mol. The Morgan fingerprint density at radius 3 is 2.15 bits per heavy atom. The molecule has 1 saturated heterocycles. The zero-order chi connectivity index (χ0) is 32.3. The first-order chi connectivity index (χ1) is 22.4. The van der Waals surface area contributed by atoms with E-state index in [2.05, 4.69) is 34.7 Å². The molecule has 46 heavy (non-hydrogen) atoms. The van der Waals surface area contributed by atoms with Crippen molar-refractivity contribution in [1.82, 2.24) is 4.90 Å². The lowest BCUT2D eigenvalue weighted by molar-refractivity contribution is -0.252. The number of nitrogens with one attached hydrogen (secondary N) is 2. The van der Waals surface area contributed by atoms with Crippen LogP contribution in [-0.4, -0.2) is 41.5 Å². The zero-order valence-corrected chi connectivity index (χ0v) is 26.1. The summed E-state index contributed by atoms with van der Waals surface area (Å²) in [7, 11) is 2.09. The van der Waals surface area contributed by atoms with E-state index in [1.54, 1.807) is 24.3 Å². The first-order valence-corrected chi connectivity index (χ1v) is 15.6. The largest absolute Gasteiger partial charge is 0.397 e. The average Bonchev–Trinajstić information content (AvgIpc) is 3.06. The molecule has 1 aliphatic heterocycles. The number of hydrogen-bond acceptors (Lipinski definition) is 7. The molecule has 3 atom stereocenters. The number of aliphatic hydroxyl groups is 1. The van der Waals surface area contributed by atoms with Gasteiger partial charge in [0.2, 0.25) is 11.8 Å². The second kappa shape index (κ2) is 16.1. The van der Waals surface area contributed by atoms with E-state index in [1.165, 1.54) is 5.56 Å². The Labute approximate surface area is 270 Å². The van der Waals surface area contributed by atoms with Gasteiger partial charge in [0.05, 0.1) is 30.2 Å². The molecular formula is C37H42N4O5. The summed E-state index contributed by atoms with van der Waals surface area (Å²) in [5.41, 5.74) is 11.6. The second-order valence-corrected chi connectivity index (χ2v) is 11.7. The van der Waals surface area contributed by atoms with E-state index in [0.29, 0.717) is 29.9 Å². The number of likely N-dealkylation sites (N-methyl/N-ethyl adjacent to an activating group) is 1. The number of hydrogen-bond donors (Lipinski definition) is 4. The third kappa shape index (κ3) is 9.48. The number of ether oxygens (including phenoxy) is 2. The topological polar surface area (TPSA) is 126 Å². The molecule has 5 rings (SSSR count). The molecule has 0 radical (unpaired) electrons. The molecule has 0 bridgehead atoms. The number of carbonyl (C=O) groups is 2. The fraction of sp³-hybridized carbons (Fsp3) is 0.297. The zero-order valence-electron chi connectivity index (χ0n) is 26.1. The van der Waals surface area contributed by atoms with Gasteiger partial charge in [0.15, 0.2) is 6.29 Å². The van der Waals surface area contributed by atoms with Crippen molar-refractivity contribution < 1.29 is 24.2 Å². The standard InChI is InChI=1S/C37H42N4O5/c1-41(23-26-8-3-2-4-9-26)24-31-22-34(28-16-14-27(25-42)15-17-28)46-37(45-31)29-18-20-30(21-19-29)39-35(43)12-7-13-36(44)40-33-11-6-5-10-32(33)38/h2-6,8-11,14-21,31,34,37,42H,7,12-13,22-25,38H2,1H3,(H,39,43)(H,40,44)/t31-,34+,37+/m1/s1. The van der Waals surface area contributed by atoms with Crippen LogP contribution >= 0.6 is 0 Å². The van der Waals surface area contributed by atoms with Gasteiger partial charge in [0, 0.05) is 43.6 Å². The van der Waals surface area contributed by atoms with E-state index < -0.39 is 6.29 Å². The van der Waals surface area contributed by atoms with Crippen molar-refractivity contribution in [3.05, 3.63) is 125 Å². The smallest absolute Gasteiger partial charge is 0.224 e. The number of para-hydroxylation sites is 2. The molecule has 1 fully saturated rings.